The van der Waals surface area contributed by atoms with Crippen LogP contribution < -0.4 is 10.6 Å². The third-order valence-corrected chi connectivity index (χ3v) is 5.08. The summed E-state index contributed by atoms with van der Waals surface area (Å²) in [5.74, 6) is 0. The van der Waals surface area contributed by atoms with E-state index in [-0.39, 0.29) is 23.5 Å². The zero-order chi connectivity index (χ0) is 22.8. The number of nitro groups is 1. The Balaban J connectivity index is 1.45. The molecule has 0 unspecified atom stereocenters. The van der Waals surface area contributed by atoms with Gasteiger partial charge in [-0.2, -0.15) is 15.5 Å². The molecule has 0 aliphatic heterocycles. The summed E-state index contributed by atoms with van der Waals surface area (Å²) in [4.78, 5) is 19.6. The highest BCUT2D eigenvalue weighted by atomic mass is 16.6. The lowest BCUT2D eigenvalue weighted by molar-refractivity contribution is -0.384. The largest absolute Gasteiger partial charge is 0.379 e. The maximum absolute atomic E-state index is 11.7. The van der Waals surface area contributed by atoms with Crippen LogP contribution >= 0.6 is 0 Å². The molecule has 12 heteroatoms. The molecule has 4 aromatic heterocycles. The Bertz CT molecular complexity index is 1530. The number of rotatable bonds is 7. The van der Waals surface area contributed by atoms with Gasteiger partial charge in [0.15, 0.2) is 11.3 Å². The van der Waals surface area contributed by atoms with Crippen molar-refractivity contribution in [1.29, 1.82) is 5.26 Å². The highest BCUT2D eigenvalue weighted by Gasteiger charge is 2.22. The number of hydrogen-bond acceptors (Lipinski definition) is 9. The maximum Gasteiger partial charge on any atom is 0.310 e. The van der Waals surface area contributed by atoms with Crippen LogP contribution in [-0.2, 0) is 13.1 Å². The number of hydrogen-bond donors (Lipinski definition) is 2. The van der Waals surface area contributed by atoms with E-state index in [1.54, 1.807) is 58.1 Å². The molecular weight excluding hydrogens is 424 g/mol. The predicted molar refractivity (Wildman–Crippen MR) is 118 cm³/mol. The Kier molecular flexibility index (Phi) is 4.96. The van der Waals surface area contributed by atoms with Gasteiger partial charge >= 0.3 is 5.69 Å². The molecule has 0 radical (unpaired) electrons. The fourth-order valence-electron chi connectivity index (χ4n) is 3.57. The third-order valence-electron chi connectivity index (χ3n) is 5.08. The second-order valence-electron chi connectivity index (χ2n) is 7.07. The Morgan fingerprint density at radius 2 is 1.52 bits per heavy atom. The van der Waals surface area contributed by atoms with Gasteiger partial charge < -0.3 is 10.6 Å². The molecule has 0 aliphatic carbocycles. The van der Waals surface area contributed by atoms with Crippen LogP contribution in [0.1, 0.15) is 17.0 Å². The molecule has 5 rings (SSSR count). The van der Waals surface area contributed by atoms with E-state index in [1.165, 1.54) is 6.07 Å². The van der Waals surface area contributed by atoms with E-state index < -0.39 is 4.92 Å². The lowest BCUT2D eigenvalue weighted by Crippen LogP contribution is -2.10. The summed E-state index contributed by atoms with van der Waals surface area (Å²) in [5.41, 5.74) is 3.41. The van der Waals surface area contributed by atoms with E-state index in [1.807, 2.05) is 12.1 Å². The molecule has 4 heterocycles. The lowest BCUT2D eigenvalue weighted by Gasteiger charge is -2.13. The van der Waals surface area contributed by atoms with E-state index in [0.29, 0.717) is 23.5 Å². The molecule has 0 saturated heterocycles. The van der Waals surface area contributed by atoms with E-state index >= 15 is 0 Å². The van der Waals surface area contributed by atoms with Gasteiger partial charge in [0.05, 0.1) is 41.8 Å². The van der Waals surface area contributed by atoms with Crippen LogP contribution in [0.15, 0.2) is 61.2 Å². The predicted octanol–water partition coefficient (Wildman–Crippen LogP) is 2.78. The summed E-state index contributed by atoms with van der Waals surface area (Å²) < 4.78 is 3.34. The van der Waals surface area contributed by atoms with Crippen molar-refractivity contribution in [2.24, 2.45) is 0 Å². The van der Waals surface area contributed by atoms with Crippen molar-refractivity contribution in [2.45, 2.75) is 13.1 Å². The van der Waals surface area contributed by atoms with Crippen LogP contribution in [0.5, 0.6) is 0 Å². The first kappa shape index (κ1) is 19.9. The minimum absolute atomic E-state index is 0.0505. The molecule has 0 bridgehead atoms. The molecular formula is C21H16N10O2. The number of nitriles is 1. The molecule has 33 heavy (non-hydrogen) atoms. The van der Waals surface area contributed by atoms with Crippen molar-refractivity contribution in [3.8, 4) is 6.07 Å². The second kappa shape index (κ2) is 8.23. The SMILES string of the molecule is N#Cc1cc(NCc2ccnc3ccnn23)cc(NCc2ccnc3ccnn23)c1[N+](=O)[O-]. The maximum atomic E-state index is 11.7. The zero-order valence-corrected chi connectivity index (χ0v) is 17.1. The minimum atomic E-state index is -0.559. The standard InChI is InChI=1S/C21H16N10O2/c22-11-14-9-15(25-12-16-1-5-23-19-3-7-27-29(16)19)10-18(21(14)31(32)33)26-13-17-2-6-24-20-4-8-28-30(17)20/h1-10,25-26H,12-13H2. The lowest BCUT2D eigenvalue weighted by atomic mass is 10.1. The van der Waals surface area contributed by atoms with E-state index in [4.69, 9.17) is 0 Å². The number of nitrogens with one attached hydrogen (secondary N) is 2. The van der Waals surface area contributed by atoms with Crippen LogP contribution in [0.25, 0.3) is 11.3 Å². The van der Waals surface area contributed by atoms with Crippen molar-refractivity contribution in [1.82, 2.24) is 29.2 Å². The minimum Gasteiger partial charge on any atom is -0.379 e. The number of fused-ring (bicyclic) bond motifs is 2. The molecule has 0 saturated carbocycles. The van der Waals surface area contributed by atoms with Gasteiger partial charge in [-0.1, -0.05) is 0 Å². The van der Waals surface area contributed by atoms with Gasteiger partial charge in [-0.15, -0.1) is 0 Å². The molecule has 0 aliphatic rings. The summed E-state index contributed by atoms with van der Waals surface area (Å²) in [5, 5.41) is 36.1. The van der Waals surface area contributed by atoms with E-state index in [9.17, 15) is 15.4 Å². The third kappa shape index (κ3) is 3.74. The monoisotopic (exact) mass is 440 g/mol. The van der Waals surface area contributed by atoms with Gasteiger partial charge in [0, 0.05) is 30.2 Å². The molecule has 0 atom stereocenters. The van der Waals surface area contributed by atoms with Crippen molar-refractivity contribution in [3.63, 3.8) is 0 Å². The number of aromatic nitrogens is 6. The highest BCUT2D eigenvalue weighted by Crippen LogP contribution is 2.33. The summed E-state index contributed by atoms with van der Waals surface area (Å²) >= 11 is 0. The second-order valence-corrected chi connectivity index (χ2v) is 7.07. The van der Waals surface area contributed by atoms with Crippen molar-refractivity contribution < 1.29 is 4.92 Å². The molecule has 2 N–H and O–H groups in total. The van der Waals surface area contributed by atoms with Crippen LogP contribution in [0.3, 0.4) is 0 Å². The average molecular weight is 440 g/mol. The number of anilines is 2. The van der Waals surface area contributed by atoms with Crippen molar-refractivity contribution >= 4 is 28.4 Å². The topological polar surface area (TPSA) is 151 Å². The number of nitrogens with zero attached hydrogens (tertiary/aromatic N) is 8. The van der Waals surface area contributed by atoms with Crippen molar-refractivity contribution in [3.05, 3.63) is 88.3 Å². The summed E-state index contributed by atoms with van der Waals surface area (Å²) in [6, 6.07) is 12.1. The fraction of sp³-hybridized carbons (Fsp3) is 0.0952. The van der Waals surface area contributed by atoms with E-state index in [0.717, 1.165) is 11.4 Å². The number of nitro benzene ring substituents is 1. The molecule has 1 aromatic carbocycles. The van der Waals surface area contributed by atoms with Gasteiger partial charge in [-0.05, 0) is 24.3 Å². The molecule has 12 nitrogen and oxygen atoms in total. The molecule has 162 valence electrons. The normalized spacial score (nSPS) is 10.9. The van der Waals surface area contributed by atoms with Gasteiger partial charge in [0.2, 0.25) is 0 Å². The first-order chi connectivity index (χ1) is 16.1. The highest BCUT2D eigenvalue weighted by molar-refractivity contribution is 5.75. The van der Waals surface area contributed by atoms with Crippen LogP contribution in [0.2, 0.25) is 0 Å². The Labute approximate surface area is 186 Å². The van der Waals surface area contributed by atoms with Crippen molar-refractivity contribution in [2.75, 3.05) is 10.6 Å². The van der Waals surface area contributed by atoms with Gasteiger partial charge in [0.25, 0.3) is 0 Å². The summed E-state index contributed by atoms with van der Waals surface area (Å²) in [7, 11) is 0. The fourth-order valence-corrected chi connectivity index (χ4v) is 3.57. The quantitative estimate of drug-likeness (QED) is 0.287. The molecule has 0 amide bonds. The summed E-state index contributed by atoms with van der Waals surface area (Å²) in [6.07, 6.45) is 6.61. The van der Waals surface area contributed by atoms with E-state index in [2.05, 4.69) is 30.8 Å². The van der Waals surface area contributed by atoms with Crippen LogP contribution in [0, 0.1) is 21.4 Å². The Morgan fingerprint density at radius 1 is 0.909 bits per heavy atom. The van der Waals surface area contributed by atoms with Crippen LogP contribution in [-0.4, -0.2) is 34.1 Å². The van der Waals surface area contributed by atoms with Gasteiger partial charge in [-0.3, -0.25) is 10.1 Å². The van der Waals surface area contributed by atoms with Gasteiger partial charge in [0.1, 0.15) is 17.3 Å². The first-order valence-corrected chi connectivity index (χ1v) is 9.89. The van der Waals surface area contributed by atoms with Gasteiger partial charge in [-0.25, -0.2) is 19.0 Å². The molecule has 0 fully saturated rings. The first-order valence-electron chi connectivity index (χ1n) is 9.89. The average Bonchev–Trinajstić information content (AvgIpc) is 3.50. The Morgan fingerprint density at radius 3 is 2.09 bits per heavy atom. The summed E-state index contributed by atoms with van der Waals surface area (Å²) in [6.45, 7) is 0.620. The number of benzene rings is 1. The zero-order valence-electron chi connectivity index (χ0n) is 17.1. The smallest absolute Gasteiger partial charge is 0.310 e. The Hall–Kier alpha value is -5.05. The van der Waals surface area contributed by atoms with Crippen LogP contribution in [0.4, 0.5) is 17.1 Å². The molecule has 5 aromatic rings. The molecule has 0 spiro atoms.